The lowest BCUT2D eigenvalue weighted by molar-refractivity contribution is -0.373. The zero-order valence-electron chi connectivity index (χ0n) is 44.3. The molecule has 15 heteroatoms. The first kappa shape index (κ1) is 55.1. The topological polar surface area (TPSA) is 178 Å². The van der Waals surface area contributed by atoms with E-state index < -0.39 is 91.3 Å². The second kappa shape index (κ2) is 23.7. The van der Waals surface area contributed by atoms with Gasteiger partial charge < -0.3 is 47.4 Å². The van der Waals surface area contributed by atoms with E-state index in [4.69, 9.17) is 47.4 Å². The largest absolute Gasteiger partial charge is 0.463 e. The van der Waals surface area contributed by atoms with Crippen molar-refractivity contribution in [1.82, 2.24) is 0 Å². The van der Waals surface area contributed by atoms with Gasteiger partial charge in [-0.1, -0.05) is 84.2 Å². The predicted molar refractivity (Wildman–Crippen MR) is 260 cm³/mol. The highest BCUT2D eigenvalue weighted by molar-refractivity contribution is 5.68. The van der Waals surface area contributed by atoms with Crippen LogP contribution in [0.1, 0.15) is 159 Å². The van der Waals surface area contributed by atoms with Crippen LogP contribution in [0.15, 0.2) is 30.3 Å². The molecule has 6 aliphatic rings. The maximum absolute atomic E-state index is 13.1. The molecule has 398 valence electrons. The van der Waals surface area contributed by atoms with Crippen LogP contribution in [0.5, 0.6) is 0 Å². The van der Waals surface area contributed by atoms with E-state index in [9.17, 15) is 24.0 Å². The SMILES string of the molecule is CC(=O)OC[C@H]1O[C@@H](O[C@H]2CC[C@@]3(C)[C@@H](CC[C@@H]4[C@@H]3CC[C@]3(C)[C@@H]([C@H](C)CCCC(C)C)CC[C@@H]43)C2)[C@H](O[C@@H]2O[C@@H](C)[C@H](OC(C)=O)[C@@H](OCc3ccccc3)[C@H]2OC(C)=O)[C@@H](OC(C)=O)[C@@H]1OC(C)=O. The summed E-state index contributed by atoms with van der Waals surface area (Å²) in [7, 11) is 0. The number of carbonyl (C=O) groups excluding carboxylic acids is 5. The summed E-state index contributed by atoms with van der Waals surface area (Å²) in [6.07, 6.45) is 1.34. The quantitative estimate of drug-likeness (QED) is 0.0772. The Morgan fingerprint density at radius 3 is 1.92 bits per heavy atom. The second-order valence-corrected chi connectivity index (χ2v) is 22.9. The summed E-state index contributed by atoms with van der Waals surface area (Å²) in [5, 5.41) is 0. The molecular weight excluding hydrogens is 913 g/mol. The van der Waals surface area contributed by atoms with Crippen molar-refractivity contribution in [3.05, 3.63) is 35.9 Å². The Kier molecular flexibility index (Phi) is 18.4. The molecule has 0 unspecified atom stereocenters. The lowest BCUT2D eigenvalue weighted by atomic mass is 9.44. The molecular formula is C56H84O15. The van der Waals surface area contributed by atoms with Crippen LogP contribution in [-0.4, -0.2) is 104 Å². The molecule has 1 aromatic rings. The highest BCUT2D eigenvalue weighted by Gasteiger charge is 2.62. The molecule has 0 bridgehead atoms. The number of hydrogen-bond donors (Lipinski definition) is 0. The average molecular weight is 997 g/mol. The maximum Gasteiger partial charge on any atom is 0.303 e. The Labute approximate surface area is 422 Å². The summed E-state index contributed by atoms with van der Waals surface area (Å²) in [6, 6.07) is 9.34. The highest BCUT2D eigenvalue weighted by Crippen LogP contribution is 2.68. The number of benzene rings is 1. The van der Waals surface area contributed by atoms with Crippen LogP contribution in [0.3, 0.4) is 0 Å². The van der Waals surface area contributed by atoms with Crippen LogP contribution in [0.4, 0.5) is 0 Å². The van der Waals surface area contributed by atoms with E-state index in [0.717, 1.165) is 54.9 Å². The van der Waals surface area contributed by atoms with Crippen molar-refractivity contribution >= 4 is 29.8 Å². The van der Waals surface area contributed by atoms with E-state index in [2.05, 4.69) is 34.6 Å². The van der Waals surface area contributed by atoms with Gasteiger partial charge >= 0.3 is 29.8 Å². The van der Waals surface area contributed by atoms with Gasteiger partial charge in [-0.2, -0.15) is 0 Å². The molecule has 0 spiro atoms. The Morgan fingerprint density at radius 1 is 0.634 bits per heavy atom. The molecule has 7 rings (SSSR count). The van der Waals surface area contributed by atoms with E-state index in [1.54, 1.807) is 6.92 Å². The van der Waals surface area contributed by atoms with Crippen LogP contribution in [0.25, 0.3) is 0 Å². The molecule has 15 nitrogen and oxygen atoms in total. The van der Waals surface area contributed by atoms with E-state index in [1.165, 1.54) is 86.0 Å². The first-order valence-electron chi connectivity index (χ1n) is 26.8. The molecule has 0 aromatic heterocycles. The molecule has 0 amide bonds. The van der Waals surface area contributed by atoms with Crippen molar-refractivity contribution in [3.8, 4) is 0 Å². The van der Waals surface area contributed by atoms with Crippen LogP contribution >= 0.6 is 0 Å². The maximum atomic E-state index is 13.1. The van der Waals surface area contributed by atoms with Gasteiger partial charge in [-0.15, -0.1) is 0 Å². The Balaban J connectivity index is 1.16. The van der Waals surface area contributed by atoms with Crippen LogP contribution < -0.4 is 0 Å². The van der Waals surface area contributed by atoms with Gasteiger partial charge in [0.05, 0.1) is 18.8 Å². The minimum Gasteiger partial charge on any atom is -0.463 e. The van der Waals surface area contributed by atoms with E-state index in [0.29, 0.717) is 23.2 Å². The third-order valence-corrected chi connectivity index (χ3v) is 17.7. The number of carbonyl (C=O) groups is 5. The molecule has 4 saturated carbocycles. The summed E-state index contributed by atoms with van der Waals surface area (Å²) in [5.74, 6) is 1.47. The number of ether oxygens (including phenoxy) is 10. The van der Waals surface area contributed by atoms with Gasteiger partial charge in [-0.3, -0.25) is 24.0 Å². The van der Waals surface area contributed by atoms with Crippen molar-refractivity contribution in [2.45, 2.75) is 227 Å². The Morgan fingerprint density at radius 2 is 1.25 bits per heavy atom. The normalized spacial score (nSPS) is 39.2. The first-order valence-corrected chi connectivity index (χ1v) is 26.8. The number of hydrogen-bond acceptors (Lipinski definition) is 15. The van der Waals surface area contributed by atoms with Gasteiger partial charge in [0.25, 0.3) is 0 Å². The van der Waals surface area contributed by atoms with Crippen molar-refractivity contribution in [3.63, 3.8) is 0 Å². The second-order valence-electron chi connectivity index (χ2n) is 22.9. The van der Waals surface area contributed by atoms with Crippen molar-refractivity contribution in [2.75, 3.05) is 6.61 Å². The van der Waals surface area contributed by atoms with Crippen molar-refractivity contribution in [1.29, 1.82) is 0 Å². The first-order chi connectivity index (χ1) is 33.7. The van der Waals surface area contributed by atoms with Gasteiger partial charge in [0.2, 0.25) is 0 Å². The molecule has 71 heavy (non-hydrogen) atoms. The fourth-order valence-electron chi connectivity index (χ4n) is 14.5. The predicted octanol–water partition coefficient (Wildman–Crippen LogP) is 9.22. The monoisotopic (exact) mass is 997 g/mol. The lowest BCUT2D eigenvalue weighted by Crippen LogP contribution is -2.66. The standard InChI is InChI=1S/C56H84O15/c1-31(2)16-15-17-32(3)43-22-23-44-42-21-20-40-28-41(24-26-55(40,10)45(42)25-27-56(43,44)11)69-54-52(50(67-37(8)60)48(66-36(7)59)46(70-54)30-62-34(5)57)71-53-51(68-38(9)61)49(47(33(4)64-53)65-35(6)58)63-29-39-18-13-12-14-19-39/h12-14,18-19,31-33,40-54H,15-17,20-30H2,1-11H3/t32-,33+,40+,41+,42+,43-,44+,45+,46-,47+,48-,49-,50+,51-,52-,53+,54-,55+,56-/m1/s1. The third-order valence-electron chi connectivity index (χ3n) is 17.7. The third kappa shape index (κ3) is 12.8. The van der Waals surface area contributed by atoms with Gasteiger partial charge in [-0.25, -0.2) is 0 Å². The molecule has 2 heterocycles. The van der Waals surface area contributed by atoms with Gasteiger partial charge in [0, 0.05) is 34.6 Å². The molecule has 6 fully saturated rings. The summed E-state index contributed by atoms with van der Waals surface area (Å²) < 4.78 is 62.5. The zero-order chi connectivity index (χ0) is 51.4. The number of esters is 5. The van der Waals surface area contributed by atoms with Gasteiger partial charge in [0.1, 0.15) is 18.8 Å². The zero-order valence-corrected chi connectivity index (χ0v) is 44.3. The Bertz CT molecular complexity index is 1980. The summed E-state index contributed by atoms with van der Waals surface area (Å²) in [5.41, 5.74) is 1.34. The summed E-state index contributed by atoms with van der Waals surface area (Å²) in [4.78, 5) is 63.6. The minimum absolute atomic E-state index is 0.0583. The molecule has 1 aromatic carbocycles. The van der Waals surface area contributed by atoms with Crippen LogP contribution in [0.2, 0.25) is 0 Å². The van der Waals surface area contributed by atoms with Gasteiger partial charge in [0.15, 0.2) is 43.1 Å². The lowest BCUT2D eigenvalue weighted by Gasteiger charge is -2.61. The highest BCUT2D eigenvalue weighted by atomic mass is 16.8. The smallest absolute Gasteiger partial charge is 0.303 e. The molecule has 19 atom stereocenters. The van der Waals surface area contributed by atoms with Crippen LogP contribution in [0, 0.1) is 52.3 Å². The molecule has 2 aliphatic heterocycles. The molecule has 0 N–H and O–H groups in total. The van der Waals surface area contributed by atoms with E-state index in [1.807, 2.05) is 30.3 Å². The molecule has 2 saturated heterocycles. The minimum atomic E-state index is -1.44. The van der Waals surface area contributed by atoms with Gasteiger partial charge in [-0.05, 0) is 123 Å². The Hall–Kier alpha value is -3.63. The molecule has 0 radical (unpaired) electrons. The molecule has 4 aliphatic carbocycles. The van der Waals surface area contributed by atoms with E-state index in [-0.39, 0.29) is 24.7 Å². The van der Waals surface area contributed by atoms with Crippen LogP contribution in [-0.2, 0) is 77.9 Å². The number of rotatable bonds is 18. The van der Waals surface area contributed by atoms with Crippen molar-refractivity contribution < 1.29 is 71.3 Å². The fraction of sp³-hybridized carbons (Fsp3) is 0.804. The summed E-state index contributed by atoms with van der Waals surface area (Å²) in [6.45, 7) is 19.9. The van der Waals surface area contributed by atoms with Crippen molar-refractivity contribution in [2.24, 2.45) is 52.3 Å². The summed E-state index contributed by atoms with van der Waals surface area (Å²) >= 11 is 0. The average Bonchev–Trinajstić information content (AvgIpc) is 3.66. The number of fused-ring (bicyclic) bond motifs is 5. The fourth-order valence-corrected chi connectivity index (χ4v) is 14.5. The van der Waals surface area contributed by atoms with E-state index >= 15 is 0 Å².